The van der Waals surface area contributed by atoms with E-state index in [9.17, 15) is 9.59 Å². The number of amides is 3. The molecular weight excluding hydrogens is 158 g/mol. The van der Waals surface area contributed by atoms with Crippen molar-refractivity contribution in [3.8, 4) is 0 Å². The van der Waals surface area contributed by atoms with Crippen LogP contribution in [0.15, 0.2) is 4.99 Å². The lowest BCUT2D eigenvalue weighted by Gasteiger charge is -2.26. The van der Waals surface area contributed by atoms with Crippen LogP contribution in [0.2, 0.25) is 0 Å². The summed E-state index contributed by atoms with van der Waals surface area (Å²) in [5.74, 6) is 0.0867. The van der Waals surface area contributed by atoms with E-state index in [0.29, 0.717) is 12.4 Å². The summed E-state index contributed by atoms with van der Waals surface area (Å²) in [5, 5.41) is 4.74. The molecule has 2 N–H and O–H groups in total. The second kappa shape index (κ2) is 2.58. The van der Waals surface area contributed by atoms with E-state index < -0.39 is 6.03 Å². The standard InChI is InChI=1S/C7H9N3O2/c11-6-4-2-1-3-8-5(4)9-7(12)10-6/h4H,1-3H2,(H2,8,9,10,11,12). The van der Waals surface area contributed by atoms with Gasteiger partial charge in [0.15, 0.2) is 0 Å². The third-order valence-corrected chi connectivity index (χ3v) is 2.06. The topological polar surface area (TPSA) is 70.6 Å². The second-order valence-electron chi connectivity index (χ2n) is 2.91. The lowest BCUT2D eigenvalue weighted by molar-refractivity contribution is -0.122. The summed E-state index contributed by atoms with van der Waals surface area (Å²) in [6.45, 7) is 0.708. The van der Waals surface area contributed by atoms with Crippen molar-refractivity contribution >= 4 is 17.8 Å². The molecule has 0 radical (unpaired) electrons. The van der Waals surface area contributed by atoms with Crippen LogP contribution in [0.25, 0.3) is 0 Å². The van der Waals surface area contributed by atoms with E-state index in [1.807, 2.05) is 0 Å². The fourth-order valence-electron chi connectivity index (χ4n) is 1.47. The fourth-order valence-corrected chi connectivity index (χ4v) is 1.47. The molecule has 5 heteroatoms. The fraction of sp³-hybridized carbons (Fsp3) is 0.571. The molecule has 2 aliphatic heterocycles. The average Bonchev–Trinajstić information content (AvgIpc) is 2.04. The summed E-state index contributed by atoms with van der Waals surface area (Å²) in [7, 11) is 0. The van der Waals surface area contributed by atoms with Crippen LogP contribution in [-0.2, 0) is 4.79 Å². The summed E-state index contributed by atoms with van der Waals surface area (Å²) in [6, 6.07) is -0.461. The molecule has 12 heavy (non-hydrogen) atoms. The van der Waals surface area contributed by atoms with Crippen LogP contribution < -0.4 is 10.6 Å². The molecule has 0 bridgehead atoms. The number of nitrogens with one attached hydrogen (secondary N) is 2. The predicted molar refractivity (Wildman–Crippen MR) is 41.7 cm³/mol. The number of urea groups is 1. The van der Waals surface area contributed by atoms with Crippen LogP contribution in [0, 0.1) is 5.92 Å². The van der Waals surface area contributed by atoms with Gasteiger partial charge in [-0.1, -0.05) is 0 Å². The van der Waals surface area contributed by atoms with Crippen LogP contribution in [0.3, 0.4) is 0 Å². The van der Waals surface area contributed by atoms with Crippen molar-refractivity contribution in [2.75, 3.05) is 6.54 Å². The maximum absolute atomic E-state index is 11.2. The normalized spacial score (nSPS) is 28.3. The molecule has 64 valence electrons. The molecule has 0 aromatic carbocycles. The Morgan fingerprint density at radius 2 is 2.17 bits per heavy atom. The molecule has 2 aliphatic rings. The molecule has 5 nitrogen and oxygen atoms in total. The number of hydrogen-bond acceptors (Lipinski definition) is 3. The molecule has 1 fully saturated rings. The zero-order valence-electron chi connectivity index (χ0n) is 6.46. The Morgan fingerprint density at radius 3 is 3.00 bits per heavy atom. The molecule has 2 rings (SSSR count). The first-order chi connectivity index (χ1) is 5.77. The number of nitrogens with zero attached hydrogens (tertiary/aromatic N) is 1. The van der Waals surface area contributed by atoms with Crippen molar-refractivity contribution in [3.63, 3.8) is 0 Å². The van der Waals surface area contributed by atoms with E-state index in [0.717, 1.165) is 12.8 Å². The number of imide groups is 1. The third kappa shape index (κ3) is 1.07. The first-order valence-electron chi connectivity index (χ1n) is 3.93. The van der Waals surface area contributed by atoms with Gasteiger partial charge in [0, 0.05) is 6.54 Å². The minimum absolute atomic E-state index is 0.225. The van der Waals surface area contributed by atoms with Crippen LogP contribution in [0.4, 0.5) is 4.79 Å². The second-order valence-corrected chi connectivity index (χ2v) is 2.91. The number of carbonyl (C=O) groups is 2. The van der Waals surface area contributed by atoms with Crippen molar-refractivity contribution < 1.29 is 9.59 Å². The highest BCUT2D eigenvalue weighted by atomic mass is 16.2. The minimum atomic E-state index is -0.461. The molecule has 2 heterocycles. The van der Waals surface area contributed by atoms with Crippen LogP contribution in [0.1, 0.15) is 12.8 Å². The summed E-state index contributed by atoms with van der Waals surface area (Å²) in [5.41, 5.74) is 0. The average molecular weight is 167 g/mol. The van der Waals surface area contributed by atoms with E-state index in [4.69, 9.17) is 0 Å². The van der Waals surface area contributed by atoms with Gasteiger partial charge in [0.05, 0.1) is 5.92 Å². The Labute approximate surface area is 69.2 Å². The van der Waals surface area contributed by atoms with Gasteiger partial charge in [-0.05, 0) is 12.8 Å². The van der Waals surface area contributed by atoms with Crippen LogP contribution >= 0.6 is 0 Å². The molecule has 0 saturated carbocycles. The number of amidine groups is 1. The summed E-state index contributed by atoms with van der Waals surface area (Å²) in [6.07, 6.45) is 1.70. The van der Waals surface area contributed by atoms with E-state index in [1.54, 1.807) is 0 Å². The summed E-state index contributed by atoms with van der Waals surface area (Å²) in [4.78, 5) is 26.1. The first-order valence-corrected chi connectivity index (χ1v) is 3.93. The van der Waals surface area contributed by atoms with Gasteiger partial charge in [-0.2, -0.15) is 0 Å². The third-order valence-electron chi connectivity index (χ3n) is 2.06. The largest absolute Gasteiger partial charge is 0.326 e. The number of hydrogen-bond donors (Lipinski definition) is 2. The first kappa shape index (κ1) is 7.27. The Hall–Kier alpha value is -1.39. The van der Waals surface area contributed by atoms with Gasteiger partial charge in [0.1, 0.15) is 5.84 Å². The molecule has 0 aromatic rings. The Kier molecular flexibility index (Phi) is 1.56. The summed E-state index contributed by atoms with van der Waals surface area (Å²) < 4.78 is 0. The lowest BCUT2D eigenvalue weighted by atomic mass is 9.97. The van der Waals surface area contributed by atoms with Crippen LogP contribution in [-0.4, -0.2) is 24.3 Å². The lowest BCUT2D eigenvalue weighted by Crippen LogP contribution is -2.56. The monoisotopic (exact) mass is 167 g/mol. The van der Waals surface area contributed by atoms with Gasteiger partial charge in [-0.15, -0.1) is 0 Å². The molecule has 0 spiro atoms. The van der Waals surface area contributed by atoms with Gasteiger partial charge < -0.3 is 0 Å². The van der Waals surface area contributed by atoms with Crippen molar-refractivity contribution in [1.29, 1.82) is 0 Å². The Morgan fingerprint density at radius 1 is 1.33 bits per heavy atom. The molecule has 1 saturated heterocycles. The highest BCUT2D eigenvalue weighted by molar-refractivity contribution is 6.18. The van der Waals surface area contributed by atoms with Crippen molar-refractivity contribution in [2.24, 2.45) is 10.9 Å². The highest BCUT2D eigenvalue weighted by Crippen LogP contribution is 2.15. The van der Waals surface area contributed by atoms with E-state index in [1.165, 1.54) is 0 Å². The molecule has 0 aromatic heterocycles. The molecular formula is C7H9N3O2. The van der Waals surface area contributed by atoms with Gasteiger partial charge >= 0.3 is 6.03 Å². The molecule has 3 amide bonds. The van der Waals surface area contributed by atoms with Gasteiger partial charge in [0.25, 0.3) is 0 Å². The smallest absolute Gasteiger partial charge is 0.295 e. The Balaban J connectivity index is 2.25. The molecule has 1 unspecified atom stereocenters. The predicted octanol–water partition coefficient (Wildman–Crippen LogP) is -0.366. The summed E-state index contributed by atoms with van der Waals surface area (Å²) >= 11 is 0. The zero-order valence-corrected chi connectivity index (χ0v) is 6.46. The number of rotatable bonds is 0. The van der Waals surface area contributed by atoms with E-state index in [-0.39, 0.29) is 11.8 Å². The molecule has 0 aliphatic carbocycles. The minimum Gasteiger partial charge on any atom is -0.295 e. The van der Waals surface area contributed by atoms with Gasteiger partial charge in [0.2, 0.25) is 5.91 Å². The Bertz CT molecular complexity index is 272. The maximum atomic E-state index is 11.2. The van der Waals surface area contributed by atoms with Crippen molar-refractivity contribution in [1.82, 2.24) is 10.6 Å². The number of fused-ring (bicyclic) bond motifs is 1. The van der Waals surface area contributed by atoms with E-state index in [2.05, 4.69) is 15.6 Å². The molecule has 1 atom stereocenters. The van der Waals surface area contributed by atoms with Crippen molar-refractivity contribution in [2.45, 2.75) is 12.8 Å². The maximum Gasteiger partial charge on any atom is 0.326 e. The van der Waals surface area contributed by atoms with Crippen LogP contribution in [0.5, 0.6) is 0 Å². The number of aliphatic imine (C=N–C) groups is 1. The quantitative estimate of drug-likeness (QED) is 0.517. The van der Waals surface area contributed by atoms with Gasteiger partial charge in [-0.3, -0.25) is 20.4 Å². The highest BCUT2D eigenvalue weighted by Gasteiger charge is 2.33. The SMILES string of the molecule is O=C1NC(=O)C2CCCN=C2N1. The van der Waals surface area contributed by atoms with Crippen molar-refractivity contribution in [3.05, 3.63) is 0 Å². The zero-order chi connectivity index (χ0) is 8.55. The van der Waals surface area contributed by atoms with Gasteiger partial charge in [-0.25, -0.2) is 4.79 Å². The number of carbonyl (C=O) groups excluding carboxylic acids is 2. The van der Waals surface area contributed by atoms with E-state index >= 15 is 0 Å².